The molecule has 6 nitrogen and oxygen atoms in total. The highest BCUT2D eigenvalue weighted by atomic mass is 15.2. The Morgan fingerprint density at radius 2 is 2.06 bits per heavy atom. The van der Waals surface area contributed by atoms with Gasteiger partial charge in [0.1, 0.15) is 11.8 Å². The van der Waals surface area contributed by atoms with Crippen molar-refractivity contribution < 1.29 is 0 Å². The molecule has 0 bridgehead atoms. The van der Waals surface area contributed by atoms with Crippen molar-refractivity contribution in [1.82, 2.24) is 24.6 Å². The lowest BCUT2D eigenvalue weighted by Gasteiger charge is -2.27. The number of hydrogen-bond donors (Lipinski definition) is 1. The molecule has 6 rings (SSSR count). The molecular formula is C27H30N6. The number of rotatable bonds is 3. The molecule has 168 valence electrons. The molecule has 0 spiro atoms. The fraction of sp³-hybridized carbons (Fsp3) is 0.444. The molecule has 6 heteroatoms. The number of aromatic nitrogens is 4. The van der Waals surface area contributed by atoms with Crippen LogP contribution in [0.1, 0.15) is 84.1 Å². The van der Waals surface area contributed by atoms with Crippen molar-refractivity contribution in [2.75, 3.05) is 6.54 Å². The number of nitrogens with zero attached hydrogens (tertiary/aromatic N) is 5. The van der Waals surface area contributed by atoms with Gasteiger partial charge in [-0.05, 0) is 42.0 Å². The summed E-state index contributed by atoms with van der Waals surface area (Å²) in [5, 5.41) is 18.3. The Morgan fingerprint density at radius 1 is 1.18 bits per heavy atom. The first-order valence-electron chi connectivity index (χ1n) is 12.3. The van der Waals surface area contributed by atoms with Gasteiger partial charge in [0, 0.05) is 67.7 Å². The Morgan fingerprint density at radius 3 is 2.85 bits per heavy atom. The topological polar surface area (TPSA) is 71.5 Å². The maximum absolute atomic E-state index is 10.4. The first-order valence-corrected chi connectivity index (χ1v) is 12.3. The van der Waals surface area contributed by atoms with Crippen LogP contribution in [-0.4, -0.2) is 25.9 Å². The largest absolute Gasteiger partial charge is 0.333 e. The minimum atomic E-state index is 0.175. The monoisotopic (exact) mass is 438 g/mol. The Kier molecular flexibility index (Phi) is 5.15. The van der Waals surface area contributed by atoms with E-state index in [1.54, 1.807) is 0 Å². The van der Waals surface area contributed by atoms with Gasteiger partial charge in [0.2, 0.25) is 0 Å². The van der Waals surface area contributed by atoms with Gasteiger partial charge >= 0.3 is 0 Å². The molecule has 2 aliphatic carbocycles. The van der Waals surface area contributed by atoms with E-state index in [1.807, 2.05) is 30.3 Å². The van der Waals surface area contributed by atoms with Crippen LogP contribution in [0, 0.1) is 11.3 Å². The SMILES string of the molecule is Cn1cc(-c2cc3c(cn2)C(c2c4c(n(C5CCCCC5)c2C#N)CCNC4)CC=C3)cn1. The molecule has 3 aromatic heterocycles. The Labute approximate surface area is 195 Å². The van der Waals surface area contributed by atoms with E-state index < -0.39 is 0 Å². The van der Waals surface area contributed by atoms with Gasteiger partial charge < -0.3 is 9.88 Å². The highest BCUT2D eigenvalue weighted by Crippen LogP contribution is 2.44. The van der Waals surface area contributed by atoms with Crippen molar-refractivity contribution in [3.8, 4) is 17.3 Å². The molecule has 33 heavy (non-hydrogen) atoms. The zero-order chi connectivity index (χ0) is 22.4. The number of fused-ring (bicyclic) bond motifs is 2. The molecule has 4 heterocycles. The lowest BCUT2D eigenvalue weighted by molar-refractivity contribution is 0.343. The van der Waals surface area contributed by atoms with Crippen LogP contribution in [-0.2, 0) is 20.0 Å². The molecular weight excluding hydrogens is 408 g/mol. The summed E-state index contributed by atoms with van der Waals surface area (Å²) in [6.45, 7) is 1.85. The van der Waals surface area contributed by atoms with E-state index in [1.165, 1.54) is 60.1 Å². The summed E-state index contributed by atoms with van der Waals surface area (Å²) >= 11 is 0. The fourth-order valence-corrected chi connectivity index (χ4v) is 6.19. The van der Waals surface area contributed by atoms with Gasteiger partial charge in [-0.3, -0.25) is 9.67 Å². The minimum absolute atomic E-state index is 0.175. The molecule has 0 radical (unpaired) electrons. The van der Waals surface area contributed by atoms with Crippen LogP contribution in [0.5, 0.6) is 0 Å². The average molecular weight is 439 g/mol. The smallest absolute Gasteiger partial charge is 0.124 e. The standard InChI is InChI=1S/C27H30N6/c1-32-17-19(14-31-32)24-12-18-6-5-9-21(22(18)16-30-24)27-23-15-29-11-10-25(23)33(26(27)13-28)20-7-3-2-4-8-20/h5-6,12,14,16-17,20-21,29H,2-4,7-11,15H2,1H3. The van der Waals surface area contributed by atoms with Gasteiger partial charge in [-0.15, -0.1) is 0 Å². The molecule has 3 aliphatic rings. The van der Waals surface area contributed by atoms with Gasteiger partial charge in [0.05, 0.1) is 11.9 Å². The summed E-state index contributed by atoms with van der Waals surface area (Å²) in [4.78, 5) is 4.82. The number of aryl methyl sites for hydroxylation is 1. The van der Waals surface area contributed by atoms with E-state index >= 15 is 0 Å². The molecule has 1 N–H and O–H groups in total. The maximum Gasteiger partial charge on any atom is 0.124 e. The zero-order valence-corrected chi connectivity index (χ0v) is 19.2. The third-order valence-electron chi connectivity index (χ3n) is 7.71. The second-order valence-electron chi connectivity index (χ2n) is 9.68. The van der Waals surface area contributed by atoms with Crippen LogP contribution >= 0.6 is 0 Å². The molecule has 0 amide bonds. The lowest BCUT2D eigenvalue weighted by atomic mass is 9.80. The summed E-state index contributed by atoms with van der Waals surface area (Å²) in [5.41, 5.74) is 9.32. The molecule has 1 saturated carbocycles. The molecule has 3 aromatic rings. The van der Waals surface area contributed by atoms with Crippen molar-refractivity contribution in [1.29, 1.82) is 5.26 Å². The Balaban J connectivity index is 1.47. The summed E-state index contributed by atoms with van der Waals surface area (Å²) in [5.74, 6) is 0.175. The van der Waals surface area contributed by atoms with Crippen LogP contribution in [0.3, 0.4) is 0 Å². The van der Waals surface area contributed by atoms with E-state index in [2.05, 4.69) is 39.3 Å². The average Bonchev–Trinajstić information content (AvgIpc) is 3.45. The van der Waals surface area contributed by atoms with Crippen molar-refractivity contribution in [3.05, 3.63) is 64.4 Å². The number of nitrogens with one attached hydrogen (secondary N) is 1. The molecule has 0 saturated heterocycles. The third kappa shape index (κ3) is 3.43. The predicted octanol–water partition coefficient (Wildman–Crippen LogP) is 4.85. The van der Waals surface area contributed by atoms with Crippen LogP contribution in [0.25, 0.3) is 17.3 Å². The lowest BCUT2D eigenvalue weighted by Crippen LogP contribution is -2.27. The van der Waals surface area contributed by atoms with Crippen LogP contribution in [0.4, 0.5) is 0 Å². The van der Waals surface area contributed by atoms with E-state index in [4.69, 9.17) is 4.98 Å². The van der Waals surface area contributed by atoms with Crippen molar-refractivity contribution in [2.45, 2.75) is 63.5 Å². The zero-order valence-electron chi connectivity index (χ0n) is 19.2. The van der Waals surface area contributed by atoms with E-state index in [9.17, 15) is 5.26 Å². The Hall–Kier alpha value is -3.17. The first-order chi connectivity index (χ1) is 16.2. The highest BCUT2D eigenvalue weighted by Gasteiger charge is 2.34. The second-order valence-corrected chi connectivity index (χ2v) is 9.68. The first kappa shape index (κ1) is 20.4. The van der Waals surface area contributed by atoms with Gasteiger partial charge in [-0.1, -0.05) is 31.4 Å². The molecule has 1 aliphatic heterocycles. The summed E-state index contributed by atoms with van der Waals surface area (Å²) < 4.78 is 4.27. The van der Waals surface area contributed by atoms with E-state index in [0.29, 0.717) is 6.04 Å². The van der Waals surface area contributed by atoms with Gasteiger partial charge in [-0.2, -0.15) is 10.4 Å². The summed E-state index contributed by atoms with van der Waals surface area (Å²) in [7, 11) is 1.93. The van der Waals surface area contributed by atoms with Crippen LogP contribution in [0.15, 0.2) is 30.7 Å². The van der Waals surface area contributed by atoms with Crippen molar-refractivity contribution in [2.24, 2.45) is 7.05 Å². The number of hydrogen-bond acceptors (Lipinski definition) is 4. The van der Waals surface area contributed by atoms with Gasteiger partial charge in [0.15, 0.2) is 0 Å². The van der Waals surface area contributed by atoms with Gasteiger partial charge in [-0.25, -0.2) is 0 Å². The van der Waals surface area contributed by atoms with E-state index in [-0.39, 0.29) is 5.92 Å². The maximum atomic E-state index is 10.4. The highest BCUT2D eigenvalue weighted by molar-refractivity contribution is 5.68. The van der Waals surface area contributed by atoms with Crippen molar-refractivity contribution in [3.63, 3.8) is 0 Å². The molecule has 1 atom stereocenters. The Bertz CT molecular complexity index is 1260. The summed E-state index contributed by atoms with van der Waals surface area (Å²) in [6.07, 6.45) is 18.5. The van der Waals surface area contributed by atoms with Crippen LogP contribution < -0.4 is 5.32 Å². The number of allylic oxidation sites excluding steroid dienone is 1. The van der Waals surface area contributed by atoms with Crippen molar-refractivity contribution >= 4 is 6.08 Å². The quantitative estimate of drug-likeness (QED) is 0.634. The summed E-state index contributed by atoms with van der Waals surface area (Å²) in [6, 6.07) is 5.31. The van der Waals surface area contributed by atoms with Crippen LogP contribution in [0.2, 0.25) is 0 Å². The second kappa shape index (κ2) is 8.31. The molecule has 1 unspecified atom stereocenters. The molecule has 0 aromatic carbocycles. The molecule has 1 fully saturated rings. The minimum Gasteiger partial charge on any atom is -0.333 e. The fourth-order valence-electron chi connectivity index (χ4n) is 6.19. The normalized spacial score (nSPS) is 20.3. The third-order valence-corrected chi connectivity index (χ3v) is 7.71. The number of nitriles is 1. The van der Waals surface area contributed by atoms with Gasteiger partial charge in [0.25, 0.3) is 0 Å². The predicted molar refractivity (Wildman–Crippen MR) is 129 cm³/mol. The number of pyridine rings is 1. The van der Waals surface area contributed by atoms with E-state index in [0.717, 1.165) is 42.9 Å².